The lowest BCUT2D eigenvalue weighted by molar-refractivity contribution is -0.385. The lowest BCUT2D eigenvalue weighted by Gasteiger charge is -2.20. The Morgan fingerprint density at radius 2 is 0.684 bits per heavy atom. The number of nitrogens with two attached hydrogens (primary N) is 5. The van der Waals surface area contributed by atoms with Gasteiger partial charge in [-0.3, -0.25) is 40.5 Å². The highest BCUT2D eigenvalue weighted by Gasteiger charge is 2.31. The number of non-ortho nitro benzene ring substituents is 4. The minimum Gasteiger partial charge on any atom is -0.406 e. The normalized spacial score (nSPS) is 10.8. The molecule has 43 nitrogen and oxygen atoms in total. The van der Waals surface area contributed by atoms with Crippen LogP contribution >= 0.6 is 11.6 Å². The first-order chi connectivity index (χ1) is 62.9. The van der Waals surface area contributed by atoms with Crippen molar-refractivity contribution in [2.75, 3.05) is 98.2 Å². The number of alkyl halides is 3. The van der Waals surface area contributed by atoms with Gasteiger partial charge in [0, 0.05) is 177 Å². The van der Waals surface area contributed by atoms with E-state index in [1.54, 1.807) is 176 Å². The summed E-state index contributed by atoms with van der Waals surface area (Å²) in [6.45, 7) is 0. The summed E-state index contributed by atoms with van der Waals surface area (Å²) >= 11 is 5.70. The second-order valence-corrected chi connectivity index (χ2v) is 32.0. The number of amides is 2. The summed E-state index contributed by atoms with van der Waals surface area (Å²) in [4.78, 5) is 93.0. The summed E-state index contributed by atoms with van der Waals surface area (Å²) in [5.41, 5.74) is 17.9. The van der Waals surface area contributed by atoms with Crippen molar-refractivity contribution in [1.82, 2.24) is 39.9 Å². The molecule has 14 aromatic rings. The zero-order valence-electron chi connectivity index (χ0n) is 70.0. The van der Waals surface area contributed by atoms with Gasteiger partial charge in [-0.2, -0.15) is 15.0 Å². The Kier molecular flexibility index (Phi) is 34.2. The number of nitrogen functional groups attached to an aromatic ring is 2. The molecule has 0 saturated carbocycles. The van der Waals surface area contributed by atoms with Gasteiger partial charge < -0.3 is 67.7 Å². The number of ether oxygens (including phenoxy) is 1. The van der Waals surface area contributed by atoms with Crippen molar-refractivity contribution < 1.29 is 67.6 Å². The molecule has 688 valence electrons. The fraction of sp³-hybridized carbons (Fsp3) is 0.0723. The van der Waals surface area contributed by atoms with E-state index in [2.05, 4.69) is 76.5 Å². The smallest absolute Gasteiger partial charge is 0.406 e. The van der Waals surface area contributed by atoms with Crippen LogP contribution < -0.4 is 83.1 Å². The van der Waals surface area contributed by atoms with Crippen LogP contribution in [0.15, 0.2) is 306 Å². The number of aromatic nitrogens is 8. The molecule has 14 rings (SSSR count). The van der Waals surface area contributed by atoms with E-state index in [-0.39, 0.29) is 60.3 Å². The van der Waals surface area contributed by atoms with Gasteiger partial charge in [-0.05, 0) is 175 Å². The van der Waals surface area contributed by atoms with E-state index in [9.17, 15) is 83.7 Å². The Hall–Kier alpha value is -17.0. The van der Waals surface area contributed by atoms with E-state index in [1.165, 1.54) is 122 Å². The van der Waals surface area contributed by atoms with Gasteiger partial charge >= 0.3 is 12.4 Å². The van der Waals surface area contributed by atoms with Gasteiger partial charge in [0.2, 0.25) is 53.2 Å². The molecule has 4 aromatic heterocycles. The number of urea groups is 1. The van der Waals surface area contributed by atoms with Crippen molar-refractivity contribution >= 4 is 180 Å². The Balaban J connectivity index is 0.000000190. The van der Waals surface area contributed by atoms with E-state index in [4.69, 9.17) is 38.5 Å². The average molecular weight is 1900 g/mol. The summed E-state index contributed by atoms with van der Waals surface area (Å²) in [5.74, 6) is 2.53. The van der Waals surface area contributed by atoms with Crippen LogP contribution in [0.1, 0.15) is 0 Å². The summed E-state index contributed by atoms with van der Waals surface area (Å²) < 4.78 is 110. The largest absolute Gasteiger partial charge is 0.573 e. The second kappa shape index (κ2) is 45.6. The van der Waals surface area contributed by atoms with E-state index in [0.717, 1.165) is 23.5 Å². The highest BCUT2D eigenvalue weighted by Crippen LogP contribution is 2.33. The standard InChI is InChI=1S/C25H22F3N7O4S.C17H16N6O4S.C17H18N6O2S.C11H9ClN4O2.C7H8N2O2.C6H6N2O2/c1-35(22-12-13-30-23(34-22)31-18-5-3-7-21(15-18)40(29,37)38)19-6-2-4-17(14-19)33-24(36)32-16-8-10-20(11-9-16)39-25(26,27)28;1-22(13-5-3-6-14(11-13)23(24)25)16-8-9-19-17(21-16)20-12-4-2-7-15(10-12)28(18,26)27;1-23(14-6-2-4-12(18)10-14)16-8-9-20-17(22-16)21-13-5-3-7-15(11-13)26(19,24)25;1-15(10-5-6-13-11(12)14-10)8-3-2-4-9(7-8)16(17)18;1-8-6-3-2-4-7(5-6)9(10)11;7-5-2-1-3-6(4-5)8(9)10/h2-15H,1H3,(H2,29,37,38)(H,30,31,34)(H2,32,33,36);2-11H,1H3,(H2,18,26,27)(H,19,20,21);2-11H,18H2,1H3,(H2,19,24,25)(H,20,21,22);2-7H,1H3;2-5,8H,1H3;1-4H,7H2. The molecule has 16 N–H and O–H groups in total. The minimum atomic E-state index is -4.81. The van der Waals surface area contributed by atoms with Crippen molar-refractivity contribution in [2.45, 2.75) is 21.0 Å². The van der Waals surface area contributed by atoms with Gasteiger partial charge in [-0.1, -0.05) is 54.6 Å². The van der Waals surface area contributed by atoms with Crippen LogP contribution in [0.3, 0.4) is 0 Å². The number of nitro benzene ring substituents is 4. The van der Waals surface area contributed by atoms with Crippen LogP contribution in [0, 0.1) is 40.5 Å². The van der Waals surface area contributed by atoms with Gasteiger partial charge in [0.1, 0.15) is 29.0 Å². The maximum Gasteiger partial charge on any atom is 0.573 e. The second-order valence-electron chi connectivity index (χ2n) is 27.0. The number of nitrogens with one attached hydrogen (secondary N) is 6. The first-order valence-electron chi connectivity index (χ1n) is 37.9. The lowest BCUT2D eigenvalue weighted by Crippen LogP contribution is -2.20. The first-order valence-corrected chi connectivity index (χ1v) is 42.9. The van der Waals surface area contributed by atoms with Crippen molar-refractivity contribution in [3.05, 3.63) is 337 Å². The number of rotatable bonds is 25. The molecule has 0 atom stereocenters. The Morgan fingerprint density at radius 1 is 0.376 bits per heavy atom. The number of halogens is 4. The van der Waals surface area contributed by atoms with Gasteiger partial charge in [-0.25, -0.2) is 70.4 Å². The molecule has 0 bridgehead atoms. The van der Waals surface area contributed by atoms with E-state index in [0.29, 0.717) is 80.4 Å². The number of carbonyl (C=O) groups is 1. The van der Waals surface area contributed by atoms with Crippen LogP contribution in [0.5, 0.6) is 5.75 Å². The molecule has 50 heteroatoms. The van der Waals surface area contributed by atoms with Gasteiger partial charge in [0.05, 0.1) is 34.4 Å². The van der Waals surface area contributed by atoms with Crippen LogP contribution in [-0.4, -0.2) is 132 Å². The molecule has 0 aliphatic heterocycles. The molecule has 133 heavy (non-hydrogen) atoms. The minimum absolute atomic E-state index is 0.00975. The molecule has 0 spiro atoms. The van der Waals surface area contributed by atoms with Crippen LogP contribution in [0.25, 0.3) is 0 Å². The molecule has 0 fully saturated rings. The molecule has 0 aliphatic carbocycles. The summed E-state index contributed by atoms with van der Waals surface area (Å²) in [6.07, 6.45) is 1.36. The lowest BCUT2D eigenvalue weighted by atomic mass is 10.2. The Morgan fingerprint density at radius 3 is 1.05 bits per heavy atom. The number of benzene rings is 10. The number of nitrogens with zero attached hydrogens (tertiary/aromatic N) is 16. The molecule has 10 aromatic carbocycles. The van der Waals surface area contributed by atoms with Crippen molar-refractivity contribution in [3.63, 3.8) is 0 Å². The van der Waals surface area contributed by atoms with Crippen LogP contribution in [-0.2, 0) is 30.1 Å². The van der Waals surface area contributed by atoms with Gasteiger partial charge in [-0.15, -0.1) is 13.2 Å². The number of hydrogen-bond acceptors (Lipinski definition) is 34. The molecule has 0 unspecified atom stereocenters. The monoisotopic (exact) mass is 1900 g/mol. The predicted molar refractivity (Wildman–Crippen MR) is 498 cm³/mol. The Labute approximate surface area is 761 Å². The number of nitro groups is 4. The predicted octanol–water partition coefficient (Wildman–Crippen LogP) is 15.6. The summed E-state index contributed by atoms with van der Waals surface area (Å²) in [7, 11) is -2.70. The topological polar surface area (TPSA) is 620 Å². The maximum absolute atomic E-state index is 12.4. The third-order valence-corrected chi connectivity index (χ3v) is 20.5. The molecule has 0 aliphatic rings. The summed E-state index contributed by atoms with van der Waals surface area (Å²) in [5, 5.41) is 74.5. The van der Waals surface area contributed by atoms with Crippen LogP contribution in [0.4, 0.5) is 150 Å². The van der Waals surface area contributed by atoms with Crippen molar-refractivity contribution in [3.8, 4) is 5.75 Å². The third kappa shape index (κ3) is 31.5. The highest BCUT2D eigenvalue weighted by molar-refractivity contribution is 7.89. The molecule has 0 radical (unpaired) electrons. The number of primary sulfonamides is 3. The highest BCUT2D eigenvalue weighted by atomic mass is 35.5. The number of carbonyl (C=O) groups excluding carboxylic acids is 1. The van der Waals surface area contributed by atoms with E-state index < -0.39 is 67.9 Å². The van der Waals surface area contributed by atoms with Crippen LogP contribution in [0.2, 0.25) is 5.28 Å². The van der Waals surface area contributed by atoms with Gasteiger partial charge in [0.25, 0.3) is 22.7 Å². The molecular formula is C83H79ClF3N27O16S3. The third-order valence-electron chi connectivity index (χ3n) is 17.5. The molecule has 4 heterocycles. The number of anilines is 19. The van der Waals surface area contributed by atoms with Crippen molar-refractivity contribution in [2.24, 2.45) is 15.4 Å². The van der Waals surface area contributed by atoms with Gasteiger partial charge in [0.15, 0.2) is 0 Å². The SMILES string of the molecule is CN(c1cccc(N)c1)c1ccnc(Nc2cccc(S(N)(=O)=O)c2)n1.CN(c1cccc(NC(=O)Nc2ccc(OC(F)(F)F)cc2)c1)c1ccnc(Nc2cccc(S(N)(=O)=O)c2)n1.CN(c1cccc([N+](=O)[O-])c1)c1ccnc(Cl)n1.CN(c1cccc([N+](=O)[O-])c1)c1ccnc(Nc2cccc(S(N)(=O)=O)c2)n1.CNc1cccc([N+](=O)[O-])c1.Nc1cccc([N+](=O)[O-])c1. The fourth-order valence-corrected chi connectivity index (χ4v) is 12.9. The first kappa shape index (κ1) is 99.8. The molecular weight excluding hydrogens is 1820 g/mol. The maximum atomic E-state index is 12.4. The van der Waals surface area contributed by atoms with Crippen molar-refractivity contribution in [1.29, 1.82) is 0 Å². The molecule has 2 amide bonds. The molecule has 0 saturated heterocycles. The fourth-order valence-electron chi connectivity index (χ4n) is 11.1. The number of sulfonamides is 3. The quantitative estimate of drug-likeness (QED) is 0.0110. The Bertz CT molecular complexity index is 6860. The zero-order valence-corrected chi connectivity index (χ0v) is 73.2. The number of hydrogen-bond donors (Lipinski definition) is 11. The summed E-state index contributed by atoms with van der Waals surface area (Å²) in [6, 6.07) is 67.7. The zero-order chi connectivity index (χ0) is 96.9. The average Bonchev–Trinajstić information content (AvgIpc) is 0.832. The van der Waals surface area contributed by atoms with E-state index in [1.807, 2.05) is 36.2 Å². The van der Waals surface area contributed by atoms with E-state index >= 15 is 0 Å².